The molecule has 0 bridgehead atoms. The van der Waals surface area contributed by atoms with Gasteiger partial charge in [-0.15, -0.1) is 0 Å². The molecule has 52 heavy (non-hydrogen) atoms. The van der Waals surface area contributed by atoms with Gasteiger partial charge in [0.05, 0.1) is 11.1 Å². The zero-order chi connectivity index (χ0) is 38.6. The van der Waals surface area contributed by atoms with Crippen LogP contribution in [-0.2, 0) is 29.4 Å². The average molecular weight is 745 g/mol. The smallest absolute Gasteiger partial charge is 0.444 e. The number of hydrogen-bond donors (Lipinski definition) is 2. The highest BCUT2D eigenvalue weighted by molar-refractivity contribution is 5.95. The Morgan fingerprint density at radius 1 is 0.769 bits per heavy atom. The lowest BCUT2D eigenvalue weighted by atomic mass is 9.77. The van der Waals surface area contributed by atoms with E-state index in [0.29, 0.717) is 29.8 Å². The normalized spacial score (nSPS) is 13.3. The summed E-state index contributed by atoms with van der Waals surface area (Å²) in [4.78, 5) is 26.2. The Morgan fingerprint density at radius 3 is 2.04 bits per heavy atom. The van der Waals surface area contributed by atoms with Gasteiger partial charge in [0.25, 0.3) is 5.91 Å². The van der Waals surface area contributed by atoms with Gasteiger partial charge in [-0.1, -0.05) is 36.4 Å². The minimum Gasteiger partial charge on any atom is -0.444 e. The van der Waals surface area contributed by atoms with Crippen LogP contribution < -0.4 is 15.4 Å². The molecule has 4 aromatic rings. The van der Waals surface area contributed by atoms with Crippen LogP contribution in [0, 0.1) is 17.5 Å². The van der Waals surface area contributed by atoms with Crippen molar-refractivity contribution in [2.24, 2.45) is 0 Å². The molecule has 278 valence electrons. The molecular weight excluding hydrogens is 714 g/mol. The molecule has 0 unspecified atom stereocenters. The summed E-state index contributed by atoms with van der Waals surface area (Å²) >= 11 is 0. The van der Waals surface area contributed by atoms with Gasteiger partial charge in [-0.3, -0.25) is 4.79 Å². The first-order valence-electron chi connectivity index (χ1n) is 15.2. The minimum absolute atomic E-state index is 0.151. The third-order valence-corrected chi connectivity index (χ3v) is 7.41. The summed E-state index contributed by atoms with van der Waals surface area (Å²) in [7, 11) is 0. The molecule has 6 nitrogen and oxygen atoms in total. The van der Waals surface area contributed by atoms with Crippen molar-refractivity contribution in [3.05, 3.63) is 136 Å². The number of alkyl carbamates (subject to hydrolysis) is 1. The van der Waals surface area contributed by atoms with Gasteiger partial charge in [-0.2, -0.15) is 30.7 Å². The summed E-state index contributed by atoms with van der Waals surface area (Å²) in [5.41, 5.74) is -6.29. The zero-order valence-electron chi connectivity index (χ0n) is 27.5. The van der Waals surface area contributed by atoms with Crippen LogP contribution in [0.4, 0.5) is 48.7 Å². The summed E-state index contributed by atoms with van der Waals surface area (Å²) in [6.45, 7) is 4.18. The Morgan fingerprint density at radius 2 is 1.42 bits per heavy atom. The largest absolute Gasteiger partial charge is 0.461 e. The van der Waals surface area contributed by atoms with E-state index in [2.05, 4.69) is 15.4 Å². The van der Waals surface area contributed by atoms with Gasteiger partial charge in [0.15, 0.2) is 0 Å². The molecule has 0 saturated carbocycles. The van der Waals surface area contributed by atoms with E-state index in [1.165, 1.54) is 12.1 Å². The van der Waals surface area contributed by atoms with E-state index in [1.807, 2.05) is 0 Å². The lowest BCUT2D eigenvalue weighted by molar-refractivity contribution is -0.253. The van der Waals surface area contributed by atoms with E-state index in [1.54, 1.807) is 39.0 Å². The number of rotatable bonds is 11. The maximum Gasteiger partial charge on any atom is 0.461 e. The number of benzene rings is 4. The summed E-state index contributed by atoms with van der Waals surface area (Å²) < 4.78 is 149. The van der Waals surface area contributed by atoms with Gasteiger partial charge in [0, 0.05) is 30.2 Å². The number of carbonyl (C=O) groups is 2. The van der Waals surface area contributed by atoms with Crippen molar-refractivity contribution in [3.8, 4) is 5.75 Å². The van der Waals surface area contributed by atoms with E-state index in [4.69, 9.17) is 4.74 Å². The SMILES string of the molecule is CC(C)(C)OC(=O)NCc1cc([C@@](Cc2ccccc2)(NC(=O)c2ccc(F)c(C(F)(F)F)c2)c2cc(F)cc(OC(F)(F)C(F)F)c2)ccc1F. The monoisotopic (exact) mass is 744 g/mol. The molecule has 0 aromatic heterocycles. The first-order chi connectivity index (χ1) is 24.1. The number of nitrogens with one attached hydrogen (secondary N) is 2. The van der Waals surface area contributed by atoms with Gasteiger partial charge in [0.2, 0.25) is 0 Å². The zero-order valence-corrected chi connectivity index (χ0v) is 27.5. The van der Waals surface area contributed by atoms with Crippen LogP contribution in [0.25, 0.3) is 0 Å². The maximum atomic E-state index is 15.3. The van der Waals surface area contributed by atoms with E-state index < -0.39 is 94.7 Å². The first kappa shape index (κ1) is 39.5. The van der Waals surface area contributed by atoms with Crippen LogP contribution in [0.1, 0.15) is 58.9 Å². The minimum atomic E-state index is -5.24. The van der Waals surface area contributed by atoms with Crippen LogP contribution in [0.3, 0.4) is 0 Å². The molecule has 16 heteroatoms. The number of ether oxygens (including phenoxy) is 2. The van der Waals surface area contributed by atoms with Crippen molar-refractivity contribution in [3.63, 3.8) is 0 Å². The highest BCUT2D eigenvalue weighted by atomic mass is 19.4. The number of carbonyl (C=O) groups excluding carboxylic acids is 2. The van der Waals surface area contributed by atoms with Crippen molar-refractivity contribution in [2.45, 2.75) is 63.6 Å². The molecule has 2 N–H and O–H groups in total. The van der Waals surface area contributed by atoms with Crippen LogP contribution >= 0.6 is 0 Å². The molecule has 0 fully saturated rings. The molecule has 4 aromatic carbocycles. The molecule has 0 aliphatic heterocycles. The Hall–Kier alpha value is -5.28. The van der Waals surface area contributed by atoms with Crippen molar-refractivity contribution in [1.82, 2.24) is 10.6 Å². The molecule has 0 saturated heterocycles. The van der Waals surface area contributed by atoms with Crippen LogP contribution in [-0.4, -0.2) is 30.1 Å². The summed E-state index contributed by atoms with van der Waals surface area (Å²) in [5.74, 6) is -6.41. The van der Waals surface area contributed by atoms with Gasteiger partial charge in [0.1, 0.15) is 28.8 Å². The Bertz CT molecular complexity index is 1910. The van der Waals surface area contributed by atoms with E-state index >= 15 is 8.78 Å². The molecule has 1 atom stereocenters. The fourth-order valence-corrected chi connectivity index (χ4v) is 5.14. The van der Waals surface area contributed by atoms with Crippen molar-refractivity contribution < 1.29 is 63.0 Å². The van der Waals surface area contributed by atoms with Crippen molar-refractivity contribution >= 4 is 12.0 Å². The van der Waals surface area contributed by atoms with Crippen LogP contribution in [0.5, 0.6) is 5.75 Å². The molecule has 0 aliphatic carbocycles. The fourth-order valence-electron chi connectivity index (χ4n) is 5.14. The van der Waals surface area contributed by atoms with Gasteiger partial charge in [-0.05, 0) is 79.9 Å². The number of alkyl halides is 7. The molecule has 4 rings (SSSR count). The Balaban J connectivity index is 1.98. The van der Waals surface area contributed by atoms with Crippen molar-refractivity contribution in [2.75, 3.05) is 0 Å². The molecule has 0 heterocycles. The second kappa shape index (κ2) is 15.1. The number of hydrogen-bond acceptors (Lipinski definition) is 4. The van der Waals surface area contributed by atoms with E-state index in [-0.39, 0.29) is 17.2 Å². The summed E-state index contributed by atoms with van der Waals surface area (Å²) in [5, 5.41) is 4.83. The fraction of sp³-hybridized carbons (Fsp3) is 0.278. The second-order valence-electron chi connectivity index (χ2n) is 12.5. The van der Waals surface area contributed by atoms with Gasteiger partial charge >= 0.3 is 24.8 Å². The average Bonchev–Trinajstić information content (AvgIpc) is 3.02. The molecular formula is C36H30F10N2O4. The van der Waals surface area contributed by atoms with Crippen LogP contribution in [0.2, 0.25) is 0 Å². The summed E-state index contributed by atoms with van der Waals surface area (Å²) in [6, 6.07) is 13.8. The number of halogens is 10. The third kappa shape index (κ3) is 9.73. The Labute approximate surface area is 290 Å². The third-order valence-electron chi connectivity index (χ3n) is 7.41. The molecule has 0 aliphatic rings. The quantitative estimate of drug-likeness (QED) is 0.150. The topological polar surface area (TPSA) is 76.7 Å². The maximum absolute atomic E-state index is 15.3. The lowest BCUT2D eigenvalue weighted by Crippen LogP contribution is -2.49. The lowest BCUT2D eigenvalue weighted by Gasteiger charge is -2.37. The standard InChI is InChI=1S/C36H30F10N2O4/c1-33(2,3)52-32(50)47-19-22-13-23(10-12-28(22)38)34(18-20-7-5-4-6-8-20,24-15-25(37)17-26(16-24)51-36(45,46)31(40)41)48-30(49)21-9-11-29(39)27(14-21)35(42,43)44/h4-17,31H,18-19H2,1-3H3,(H,47,50)(H,48,49)/t34-/m1/s1. The molecule has 2 amide bonds. The number of amides is 2. The summed E-state index contributed by atoms with van der Waals surface area (Å²) in [6.07, 6.45) is -16.1. The first-order valence-corrected chi connectivity index (χ1v) is 15.2. The van der Waals surface area contributed by atoms with Crippen molar-refractivity contribution in [1.29, 1.82) is 0 Å². The molecule has 0 radical (unpaired) electrons. The van der Waals surface area contributed by atoms with Gasteiger partial charge < -0.3 is 20.1 Å². The predicted molar refractivity (Wildman–Crippen MR) is 167 cm³/mol. The predicted octanol–water partition coefficient (Wildman–Crippen LogP) is 9.30. The molecule has 0 spiro atoms. The second-order valence-corrected chi connectivity index (χ2v) is 12.5. The van der Waals surface area contributed by atoms with Crippen LogP contribution in [0.15, 0.2) is 84.9 Å². The van der Waals surface area contributed by atoms with Gasteiger partial charge in [-0.25, -0.2) is 18.0 Å². The highest BCUT2D eigenvalue weighted by Crippen LogP contribution is 2.39. The van der Waals surface area contributed by atoms with E-state index in [9.17, 15) is 44.7 Å². The van der Waals surface area contributed by atoms with E-state index in [0.717, 1.165) is 24.3 Å². The Kier molecular flexibility index (Phi) is 11.5. The highest BCUT2D eigenvalue weighted by Gasteiger charge is 2.45.